The van der Waals surface area contributed by atoms with E-state index >= 15 is 0 Å². The monoisotopic (exact) mass is 530 g/mol. The Labute approximate surface area is 187 Å². The Balaban J connectivity index is 0.00000420. The summed E-state index contributed by atoms with van der Waals surface area (Å²) in [6.45, 7) is 8.30. The van der Waals surface area contributed by atoms with Crippen LogP contribution in [0.2, 0.25) is 0 Å². The van der Waals surface area contributed by atoms with Gasteiger partial charge in [0, 0.05) is 38.3 Å². The van der Waals surface area contributed by atoms with Crippen molar-refractivity contribution in [3.8, 4) is 5.75 Å². The first-order valence-electron chi connectivity index (χ1n) is 9.48. The first kappa shape index (κ1) is 25.8. The molecule has 1 fully saturated rings. The Morgan fingerprint density at radius 3 is 2.62 bits per heavy atom. The van der Waals surface area contributed by atoms with Crippen LogP contribution >= 0.6 is 24.0 Å². The minimum atomic E-state index is -4.37. The molecule has 0 aliphatic carbocycles. The van der Waals surface area contributed by atoms with Crippen molar-refractivity contribution in [3.63, 3.8) is 0 Å². The Hall–Kier alpha value is -1.27. The van der Waals surface area contributed by atoms with Gasteiger partial charge < -0.3 is 20.1 Å². The molecule has 10 heteroatoms. The molecule has 0 amide bonds. The third kappa shape index (κ3) is 10.4. The third-order valence-electron chi connectivity index (χ3n) is 4.19. The summed E-state index contributed by atoms with van der Waals surface area (Å²) in [5.41, 5.74) is 1.45. The maximum absolute atomic E-state index is 12.5. The summed E-state index contributed by atoms with van der Waals surface area (Å²) >= 11 is 0. The van der Waals surface area contributed by atoms with Crippen LogP contribution in [0.4, 0.5) is 13.2 Å². The number of aryl methyl sites for hydroxylation is 1. The number of morpholine rings is 1. The highest BCUT2D eigenvalue weighted by Crippen LogP contribution is 2.24. The van der Waals surface area contributed by atoms with Gasteiger partial charge in [-0.05, 0) is 25.5 Å². The molecule has 1 aromatic rings. The van der Waals surface area contributed by atoms with Crippen LogP contribution in [0, 0.1) is 6.92 Å². The highest BCUT2D eigenvalue weighted by molar-refractivity contribution is 14.0. The van der Waals surface area contributed by atoms with Crippen molar-refractivity contribution in [2.75, 3.05) is 52.5 Å². The Bertz CT molecular complexity index is 638. The molecular formula is C19H30F3IN4O2. The summed E-state index contributed by atoms with van der Waals surface area (Å²) in [5, 5.41) is 6.41. The van der Waals surface area contributed by atoms with Gasteiger partial charge in [-0.1, -0.05) is 12.1 Å². The normalized spacial score (nSPS) is 15.6. The van der Waals surface area contributed by atoms with E-state index in [0.29, 0.717) is 18.1 Å². The van der Waals surface area contributed by atoms with Gasteiger partial charge in [0.15, 0.2) is 12.6 Å². The van der Waals surface area contributed by atoms with E-state index < -0.39 is 12.8 Å². The lowest BCUT2D eigenvalue weighted by molar-refractivity contribution is -0.153. The first-order chi connectivity index (χ1) is 13.4. The molecule has 0 atom stereocenters. The van der Waals surface area contributed by atoms with Gasteiger partial charge in [-0.3, -0.25) is 4.90 Å². The van der Waals surface area contributed by atoms with Crippen LogP contribution in [0.3, 0.4) is 0 Å². The second-order valence-electron chi connectivity index (χ2n) is 6.59. The fourth-order valence-electron chi connectivity index (χ4n) is 2.75. The SMILES string of the molecule is CCNC(=NCc1ccc(C)cc1OCC(F)(F)F)NCCN1CCOCC1.I. The van der Waals surface area contributed by atoms with E-state index in [1.807, 2.05) is 19.9 Å². The van der Waals surface area contributed by atoms with Gasteiger partial charge in [-0.25, -0.2) is 4.99 Å². The van der Waals surface area contributed by atoms with Crippen molar-refractivity contribution in [1.82, 2.24) is 15.5 Å². The molecule has 6 nitrogen and oxygen atoms in total. The van der Waals surface area contributed by atoms with Gasteiger partial charge in [-0.15, -0.1) is 24.0 Å². The van der Waals surface area contributed by atoms with Gasteiger partial charge >= 0.3 is 6.18 Å². The molecule has 2 N–H and O–H groups in total. The van der Waals surface area contributed by atoms with Crippen LogP contribution in [0.15, 0.2) is 23.2 Å². The quantitative estimate of drug-likeness (QED) is 0.308. The summed E-state index contributed by atoms with van der Waals surface area (Å²) < 4.78 is 47.8. The molecule has 0 aromatic heterocycles. The fourth-order valence-corrected chi connectivity index (χ4v) is 2.75. The highest BCUT2D eigenvalue weighted by atomic mass is 127. The molecule has 0 unspecified atom stereocenters. The van der Waals surface area contributed by atoms with Gasteiger partial charge in [0.1, 0.15) is 5.75 Å². The van der Waals surface area contributed by atoms with Gasteiger partial charge in [-0.2, -0.15) is 13.2 Å². The number of alkyl halides is 3. The maximum Gasteiger partial charge on any atom is 0.422 e. The number of ether oxygens (including phenoxy) is 2. The van der Waals surface area contributed by atoms with Crippen LogP contribution in [0.1, 0.15) is 18.1 Å². The van der Waals surface area contributed by atoms with E-state index in [2.05, 4.69) is 20.5 Å². The van der Waals surface area contributed by atoms with E-state index in [4.69, 9.17) is 9.47 Å². The number of nitrogens with zero attached hydrogens (tertiary/aromatic N) is 2. The molecule has 1 aromatic carbocycles. The zero-order chi connectivity index (χ0) is 20.4. The average molecular weight is 530 g/mol. The summed E-state index contributed by atoms with van der Waals surface area (Å²) in [6.07, 6.45) is -4.37. The number of guanidine groups is 1. The van der Waals surface area contributed by atoms with Gasteiger partial charge in [0.05, 0.1) is 19.8 Å². The number of nitrogens with one attached hydrogen (secondary N) is 2. The van der Waals surface area contributed by atoms with E-state index in [1.165, 1.54) is 0 Å². The lowest BCUT2D eigenvalue weighted by atomic mass is 10.1. The first-order valence-corrected chi connectivity index (χ1v) is 9.48. The number of aliphatic imine (C=N–C) groups is 1. The zero-order valence-electron chi connectivity index (χ0n) is 16.8. The van der Waals surface area contributed by atoms with Crippen molar-refractivity contribution in [3.05, 3.63) is 29.3 Å². The molecule has 29 heavy (non-hydrogen) atoms. The number of rotatable bonds is 8. The third-order valence-corrected chi connectivity index (χ3v) is 4.19. The summed E-state index contributed by atoms with van der Waals surface area (Å²) in [5.74, 6) is 0.836. The predicted octanol–water partition coefficient (Wildman–Crippen LogP) is 2.94. The Morgan fingerprint density at radius 1 is 1.24 bits per heavy atom. The van der Waals surface area contributed by atoms with E-state index in [0.717, 1.165) is 45.0 Å². The van der Waals surface area contributed by atoms with Crippen LogP contribution in [0.5, 0.6) is 5.75 Å². The average Bonchev–Trinajstić information content (AvgIpc) is 2.65. The summed E-state index contributed by atoms with van der Waals surface area (Å²) in [4.78, 5) is 6.80. The lowest BCUT2D eigenvalue weighted by Gasteiger charge is -2.26. The standard InChI is InChI=1S/C19H29F3N4O2.HI/c1-3-23-18(24-6-7-26-8-10-27-11-9-26)25-13-16-5-4-15(2)12-17(16)28-14-19(20,21)22;/h4-5,12H,3,6-11,13-14H2,1-2H3,(H2,23,24,25);1H. The molecule has 166 valence electrons. The van der Waals surface area contributed by atoms with E-state index in [9.17, 15) is 13.2 Å². The van der Waals surface area contributed by atoms with Crippen molar-refractivity contribution < 1.29 is 22.6 Å². The number of benzene rings is 1. The second kappa shape index (κ2) is 13.1. The van der Waals surface area contributed by atoms with Crippen LogP contribution in [-0.4, -0.2) is 69.6 Å². The van der Waals surface area contributed by atoms with Crippen LogP contribution < -0.4 is 15.4 Å². The Morgan fingerprint density at radius 2 is 1.97 bits per heavy atom. The Kier molecular flexibility index (Phi) is 11.7. The van der Waals surface area contributed by atoms with Gasteiger partial charge in [0.25, 0.3) is 0 Å². The highest BCUT2D eigenvalue weighted by Gasteiger charge is 2.28. The smallest absolute Gasteiger partial charge is 0.422 e. The maximum atomic E-state index is 12.5. The molecule has 1 saturated heterocycles. The largest absolute Gasteiger partial charge is 0.484 e. The summed E-state index contributed by atoms with van der Waals surface area (Å²) in [6, 6.07) is 5.20. The molecule has 0 saturated carbocycles. The molecule has 2 rings (SSSR count). The van der Waals surface area contributed by atoms with Crippen molar-refractivity contribution in [2.45, 2.75) is 26.6 Å². The molecule has 1 heterocycles. The molecule has 1 aliphatic heterocycles. The number of halogens is 4. The number of hydrogen-bond donors (Lipinski definition) is 2. The van der Waals surface area contributed by atoms with Crippen LogP contribution in [-0.2, 0) is 11.3 Å². The minimum Gasteiger partial charge on any atom is -0.484 e. The van der Waals surface area contributed by atoms with Crippen molar-refractivity contribution in [1.29, 1.82) is 0 Å². The zero-order valence-corrected chi connectivity index (χ0v) is 19.2. The van der Waals surface area contributed by atoms with E-state index in [1.54, 1.807) is 12.1 Å². The van der Waals surface area contributed by atoms with Crippen molar-refractivity contribution in [2.24, 2.45) is 4.99 Å². The lowest BCUT2D eigenvalue weighted by Crippen LogP contribution is -2.44. The molecule has 1 aliphatic rings. The molecule has 0 bridgehead atoms. The van der Waals surface area contributed by atoms with Crippen LogP contribution in [0.25, 0.3) is 0 Å². The molecule has 0 radical (unpaired) electrons. The topological polar surface area (TPSA) is 58.1 Å². The molecular weight excluding hydrogens is 500 g/mol. The molecule has 0 spiro atoms. The summed E-state index contributed by atoms with van der Waals surface area (Å²) in [7, 11) is 0. The van der Waals surface area contributed by atoms with Gasteiger partial charge in [0.2, 0.25) is 0 Å². The van der Waals surface area contributed by atoms with E-state index in [-0.39, 0.29) is 36.3 Å². The van der Waals surface area contributed by atoms with Crippen molar-refractivity contribution >= 4 is 29.9 Å². The second-order valence-corrected chi connectivity index (χ2v) is 6.59. The fraction of sp³-hybridized carbons (Fsp3) is 0.632. The minimum absolute atomic E-state index is 0. The predicted molar refractivity (Wildman–Crippen MR) is 118 cm³/mol. The number of hydrogen-bond acceptors (Lipinski definition) is 4.